The van der Waals surface area contributed by atoms with Crippen molar-refractivity contribution in [2.24, 2.45) is 0 Å². The number of nitrogens with zero attached hydrogens (tertiary/aromatic N) is 4. The molecule has 0 bridgehead atoms. The van der Waals surface area contributed by atoms with E-state index >= 15 is 0 Å². The molecule has 216 valence electrons. The number of fused-ring (bicyclic) bond motifs is 14. The molecule has 1 spiro atoms. The Morgan fingerprint density at radius 1 is 0.652 bits per heavy atom. The Hall–Kier alpha value is -4.56. The summed E-state index contributed by atoms with van der Waals surface area (Å²) in [6.07, 6.45) is 0. The summed E-state index contributed by atoms with van der Waals surface area (Å²) < 4.78 is 4.43. The number of nitrogens with one attached hydrogen (secondary N) is 1. The Morgan fingerprint density at radius 2 is 1.33 bits per heavy atom. The quantitative estimate of drug-likeness (QED) is 0.150. The summed E-state index contributed by atoms with van der Waals surface area (Å²) in [5.74, 6) is 0. The Balaban J connectivity index is 1.28. The third-order valence-corrected chi connectivity index (χ3v) is 29.0. The van der Waals surface area contributed by atoms with Gasteiger partial charge >= 0.3 is 273 Å². The molecule has 1 N–H and O–H groups in total. The molecule has 5 nitrogen and oxygen atoms in total. The topological polar surface area (TPSA) is 32.6 Å². The monoisotopic (exact) mass is 784 g/mol. The van der Waals surface area contributed by atoms with Gasteiger partial charge in [0, 0.05) is 0 Å². The zero-order valence-corrected chi connectivity index (χ0v) is 28.2. The molecule has 4 unspecified atom stereocenters. The Labute approximate surface area is 271 Å². The average molecular weight is 784 g/mol. The van der Waals surface area contributed by atoms with Crippen LogP contribution < -0.4 is 36.9 Å². The van der Waals surface area contributed by atoms with E-state index in [0.717, 1.165) is 4.48 Å². The number of para-hydroxylation sites is 4. The fraction of sp³-hybridized carbons (Fsp3) is 0.0769. The molecule has 0 saturated heterocycles. The molecule has 7 aliphatic rings. The first-order valence-electron chi connectivity index (χ1n) is 16.2. The van der Waals surface area contributed by atoms with Gasteiger partial charge in [0.25, 0.3) is 0 Å². The van der Waals surface area contributed by atoms with Crippen LogP contribution in [-0.2, 0) is 0 Å². The van der Waals surface area contributed by atoms with Gasteiger partial charge in [0.15, 0.2) is 0 Å². The summed E-state index contributed by atoms with van der Waals surface area (Å²) in [6.45, 7) is 0.134. The molecule has 6 aromatic carbocycles. The van der Waals surface area contributed by atoms with Crippen molar-refractivity contribution in [1.82, 2.24) is 4.48 Å². The zero-order valence-electron chi connectivity index (χ0n) is 25.0. The van der Waals surface area contributed by atoms with E-state index in [0.29, 0.717) is 0 Å². The number of hydrogen-bond acceptors (Lipinski definition) is 3. The maximum absolute atomic E-state index is 5.86. The number of benzene rings is 6. The van der Waals surface area contributed by atoms with Crippen molar-refractivity contribution >= 4 is 90.3 Å². The number of rotatable bonds is 0. The minimum absolute atomic E-state index is 0.134. The second kappa shape index (κ2) is 7.36. The second-order valence-electron chi connectivity index (χ2n) is 13.7. The molecule has 6 aromatic rings. The van der Waals surface area contributed by atoms with E-state index in [4.69, 9.17) is 5.32 Å². The molecule has 46 heavy (non-hydrogen) atoms. The van der Waals surface area contributed by atoms with E-state index in [2.05, 4.69) is 143 Å². The van der Waals surface area contributed by atoms with E-state index in [-0.39, 0.29) is 14.5 Å². The molecule has 7 aliphatic heterocycles. The van der Waals surface area contributed by atoms with Gasteiger partial charge in [0.1, 0.15) is 0 Å². The van der Waals surface area contributed by atoms with Crippen LogP contribution >= 0.6 is 0 Å². The van der Waals surface area contributed by atoms with Crippen LogP contribution in [0.25, 0.3) is 27.6 Å². The summed E-state index contributed by atoms with van der Waals surface area (Å²) in [6, 6.07) is 46.2. The van der Waals surface area contributed by atoms with Crippen molar-refractivity contribution in [2.45, 2.75) is 7.65 Å². The van der Waals surface area contributed by atoms with Crippen LogP contribution in [-0.4, -0.2) is 42.1 Å². The molecule has 4 atom stereocenters. The third-order valence-electron chi connectivity index (χ3n) is 11.9. The molecular weight excluding hydrogens is 758 g/mol. The van der Waals surface area contributed by atoms with Crippen molar-refractivity contribution in [3.63, 3.8) is 0 Å². The van der Waals surface area contributed by atoms with Crippen LogP contribution in [0.3, 0.4) is 0 Å². The van der Waals surface area contributed by atoms with Crippen LogP contribution in [0.1, 0.15) is 0 Å². The number of hydrogen-bond donors (Lipinski definition) is 1. The molecule has 0 fully saturated rings. The molecule has 0 radical (unpaired) electrons. The van der Waals surface area contributed by atoms with Crippen LogP contribution in [0.2, 0.25) is 0 Å². The number of anilines is 5. The second-order valence-corrected chi connectivity index (χ2v) is 25.7. The van der Waals surface area contributed by atoms with Gasteiger partial charge in [0.05, 0.1) is 0 Å². The fourth-order valence-corrected chi connectivity index (χ4v) is 31.8. The van der Waals surface area contributed by atoms with Gasteiger partial charge in [-0.25, -0.2) is 0 Å². The van der Waals surface area contributed by atoms with Crippen molar-refractivity contribution in [3.8, 4) is 22.3 Å². The average Bonchev–Trinajstić information content (AvgIpc) is 3.79. The van der Waals surface area contributed by atoms with Crippen LogP contribution in [0.15, 0.2) is 121 Å². The summed E-state index contributed by atoms with van der Waals surface area (Å²) in [5.41, 5.74) is 19.2. The van der Waals surface area contributed by atoms with E-state index < -0.39 is 20.6 Å². The Bertz CT molecular complexity index is 2480. The maximum atomic E-state index is 5.86. The summed E-state index contributed by atoms with van der Waals surface area (Å²) >= 11 is -3.93. The molecule has 0 aromatic heterocycles. The Kier molecular flexibility index (Phi) is 3.80. The van der Waals surface area contributed by atoms with E-state index in [1.54, 1.807) is 6.44 Å². The molecule has 7 heterocycles. The van der Waals surface area contributed by atoms with Crippen LogP contribution in [0.5, 0.6) is 0 Å². The fourth-order valence-electron chi connectivity index (χ4n) is 10.3. The van der Waals surface area contributed by atoms with Crippen molar-refractivity contribution in [2.75, 3.05) is 22.1 Å². The van der Waals surface area contributed by atoms with Gasteiger partial charge in [-0.1, -0.05) is 0 Å². The summed E-state index contributed by atoms with van der Waals surface area (Å²) in [4.78, 5) is 5.51. The standard InChI is InChI=1S/C39H26BN5.Po/c1-45(25-42-35-15-7-9-17-39(35)45)27-19-21-31-29-11-3-5-13-33(29)40-32-12-4-2-10-28(32)30-20-18-26(22-37(30)44(40)38(31)23-27)43-24-41-34-14-6-8-16-36(34)43;/h2-21,24-25,41H,1H3;. The van der Waals surface area contributed by atoms with Crippen molar-refractivity contribution < 1.29 is 0 Å². The van der Waals surface area contributed by atoms with Gasteiger partial charge in [0.2, 0.25) is 0 Å². The minimum atomic E-state index is -3.93. The SMILES string of the molecule is C[N+]12c3ccccc3[N-][CH]1[Po]13[c]4c(ccc5c4N4B(c6ccccc6-5)c5ccccc5-c5ccc2[c]1c54)N1c2ccccc2N[CH]13. The van der Waals surface area contributed by atoms with Gasteiger partial charge < -0.3 is 0 Å². The van der Waals surface area contributed by atoms with Gasteiger partial charge in [-0.3, -0.25) is 0 Å². The van der Waals surface area contributed by atoms with Gasteiger partial charge in [-0.15, -0.1) is 0 Å². The van der Waals surface area contributed by atoms with Crippen LogP contribution in [0.4, 0.5) is 45.5 Å². The number of quaternary nitrogens is 1. The van der Waals surface area contributed by atoms with E-state index in [1.807, 2.05) is 0 Å². The zero-order chi connectivity index (χ0) is 29.7. The first kappa shape index (κ1) is 23.7. The van der Waals surface area contributed by atoms with Gasteiger partial charge in [-0.2, -0.15) is 0 Å². The summed E-state index contributed by atoms with van der Waals surface area (Å²) in [7, 11) is 2.47. The van der Waals surface area contributed by atoms with E-state index in [1.165, 1.54) is 78.7 Å². The summed E-state index contributed by atoms with van der Waals surface area (Å²) in [5, 5.41) is 10.1. The molecular formula is C39H26BN5Po. The van der Waals surface area contributed by atoms with Crippen molar-refractivity contribution in [3.05, 3.63) is 127 Å². The Morgan fingerprint density at radius 3 is 2.15 bits per heavy atom. The molecule has 13 rings (SSSR count). The molecule has 7 heteroatoms. The normalized spacial score (nSPS) is 27.3. The van der Waals surface area contributed by atoms with Gasteiger partial charge in [-0.05, 0) is 0 Å². The molecule has 0 amide bonds. The third kappa shape index (κ3) is 2.18. The van der Waals surface area contributed by atoms with Crippen molar-refractivity contribution in [1.29, 1.82) is 0 Å². The van der Waals surface area contributed by atoms with E-state index in [9.17, 15) is 0 Å². The first-order chi connectivity index (χ1) is 22.7. The van der Waals surface area contributed by atoms with Crippen LogP contribution in [0, 0.1) is 0 Å². The first-order valence-corrected chi connectivity index (χ1v) is 23.0. The molecule has 0 saturated carbocycles. The molecule has 0 aliphatic carbocycles. The predicted molar refractivity (Wildman–Crippen MR) is 193 cm³/mol. The predicted octanol–water partition coefficient (Wildman–Crippen LogP) is 6.08.